The molecule has 0 saturated heterocycles. The molecular formula is C29H32F2N2O6. The number of ether oxygens (including phenoxy) is 1. The first kappa shape index (κ1) is 29.5. The molecule has 8 nitrogen and oxygen atoms in total. The van der Waals surface area contributed by atoms with Crippen LogP contribution in [0.3, 0.4) is 0 Å². The quantitative estimate of drug-likeness (QED) is 0.292. The van der Waals surface area contributed by atoms with E-state index in [4.69, 9.17) is 9.84 Å². The van der Waals surface area contributed by atoms with Crippen LogP contribution < -0.4 is 15.4 Å². The van der Waals surface area contributed by atoms with Crippen molar-refractivity contribution < 1.29 is 38.4 Å². The van der Waals surface area contributed by atoms with Crippen molar-refractivity contribution >= 4 is 17.6 Å². The molecule has 0 radical (unpaired) electrons. The number of hydrogen-bond acceptors (Lipinski definition) is 6. The first-order valence-corrected chi connectivity index (χ1v) is 12.3. The molecule has 0 fully saturated rings. The molecule has 0 bridgehead atoms. The van der Waals surface area contributed by atoms with Gasteiger partial charge in [0.2, 0.25) is 5.91 Å². The van der Waals surface area contributed by atoms with Crippen LogP contribution in [0.15, 0.2) is 54.6 Å². The van der Waals surface area contributed by atoms with E-state index in [1.54, 1.807) is 0 Å². The van der Waals surface area contributed by atoms with Gasteiger partial charge in [0.25, 0.3) is 0 Å². The fourth-order valence-corrected chi connectivity index (χ4v) is 3.79. The molecule has 0 spiro atoms. The zero-order valence-corrected chi connectivity index (χ0v) is 21.9. The summed E-state index contributed by atoms with van der Waals surface area (Å²) in [6, 6.07) is 12.2. The molecule has 208 valence electrons. The highest BCUT2D eigenvalue weighted by Gasteiger charge is 2.19. The van der Waals surface area contributed by atoms with Gasteiger partial charge in [0.05, 0.1) is 0 Å². The van der Waals surface area contributed by atoms with Gasteiger partial charge >= 0.3 is 5.97 Å². The number of amides is 1. The summed E-state index contributed by atoms with van der Waals surface area (Å²) in [6.07, 6.45) is 0.577. The largest absolute Gasteiger partial charge is 0.507 e. The maximum Gasteiger partial charge on any atom is 0.339 e. The lowest BCUT2D eigenvalue weighted by Gasteiger charge is -2.24. The number of aromatic carboxylic acids is 1. The van der Waals surface area contributed by atoms with Crippen molar-refractivity contribution in [1.82, 2.24) is 5.32 Å². The summed E-state index contributed by atoms with van der Waals surface area (Å²) in [5.41, 5.74) is 1.77. The molecule has 1 amide bonds. The van der Waals surface area contributed by atoms with Gasteiger partial charge < -0.3 is 30.7 Å². The number of anilines is 1. The molecule has 3 aromatic carbocycles. The van der Waals surface area contributed by atoms with Crippen molar-refractivity contribution in [2.75, 3.05) is 18.5 Å². The number of carboxylic acid groups (broad SMARTS) is 1. The van der Waals surface area contributed by atoms with Crippen LogP contribution in [0.1, 0.15) is 43.1 Å². The summed E-state index contributed by atoms with van der Waals surface area (Å²) in [6.45, 7) is 6.87. The number of rotatable bonds is 7. The average molecular weight is 543 g/mol. The van der Waals surface area contributed by atoms with Crippen LogP contribution in [-0.2, 0) is 11.2 Å². The van der Waals surface area contributed by atoms with Crippen molar-refractivity contribution in [3.63, 3.8) is 0 Å². The van der Waals surface area contributed by atoms with Crippen molar-refractivity contribution in [2.24, 2.45) is 0 Å². The number of nitrogens with one attached hydrogen (secondary N) is 2. The molecule has 1 atom stereocenters. The maximum absolute atomic E-state index is 13.5. The van der Waals surface area contributed by atoms with E-state index in [1.165, 1.54) is 12.1 Å². The molecule has 3 aromatic rings. The summed E-state index contributed by atoms with van der Waals surface area (Å²) in [4.78, 5) is 22.2. The predicted octanol–water partition coefficient (Wildman–Crippen LogP) is 4.73. The van der Waals surface area contributed by atoms with Crippen molar-refractivity contribution in [2.45, 2.75) is 45.3 Å². The number of carboxylic acids is 1. The van der Waals surface area contributed by atoms with E-state index in [9.17, 15) is 28.6 Å². The lowest BCUT2D eigenvalue weighted by Crippen LogP contribution is -2.42. The van der Waals surface area contributed by atoms with E-state index < -0.39 is 29.5 Å². The van der Waals surface area contributed by atoms with Gasteiger partial charge in [-0.1, -0.05) is 12.1 Å². The zero-order chi connectivity index (χ0) is 28.7. The molecule has 1 unspecified atom stereocenters. The number of aliphatic hydroxyl groups is 1. The lowest BCUT2D eigenvalue weighted by atomic mass is 10.0. The van der Waals surface area contributed by atoms with Crippen LogP contribution >= 0.6 is 0 Å². The van der Waals surface area contributed by atoms with Crippen LogP contribution in [0.25, 0.3) is 11.1 Å². The van der Waals surface area contributed by atoms with E-state index in [1.807, 2.05) is 18.2 Å². The molecule has 1 aliphatic heterocycles. The zero-order valence-electron chi connectivity index (χ0n) is 21.9. The Morgan fingerprint density at radius 2 is 1.85 bits per heavy atom. The van der Waals surface area contributed by atoms with Gasteiger partial charge in [-0.25, -0.2) is 13.6 Å². The molecule has 0 aromatic heterocycles. The van der Waals surface area contributed by atoms with Gasteiger partial charge in [-0.2, -0.15) is 0 Å². The molecule has 1 heterocycles. The number of carbonyl (C=O) groups is 2. The van der Waals surface area contributed by atoms with Crippen LogP contribution in [0.5, 0.6) is 11.5 Å². The maximum atomic E-state index is 13.5. The molecule has 39 heavy (non-hydrogen) atoms. The number of aromatic hydroxyl groups is 1. The topological polar surface area (TPSA) is 128 Å². The number of phenols is 1. The molecule has 5 N–H and O–H groups in total. The normalized spacial score (nSPS) is 13.4. The van der Waals surface area contributed by atoms with Crippen LogP contribution in [0.2, 0.25) is 0 Å². The molecule has 4 rings (SSSR count). The van der Waals surface area contributed by atoms with Crippen LogP contribution in [0.4, 0.5) is 14.5 Å². The number of carbonyl (C=O) groups excluding carboxylic acids is 1. The van der Waals surface area contributed by atoms with Crippen molar-refractivity contribution in [3.8, 4) is 22.6 Å². The Morgan fingerprint density at radius 1 is 1.10 bits per heavy atom. The van der Waals surface area contributed by atoms with Gasteiger partial charge in [0.15, 0.2) is 0 Å². The number of benzene rings is 3. The van der Waals surface area contributed by atoms with Gasteiger partial charge in [0.1, 0.15) is 41.4 Å². The Morgan fingerprint density at radius 3 is 2.51 bits per heavy atom. The minimum absolute atomic E-state index is 0.0306. The first-order valence-electron chi connectivity index (χ1n) is 12.3. The van der Waals surface area contributed by atoms with Crippen LogP contribution in [0, 0.1) is 11.6 Å². The first-order chi connectivity index (χ1) is 18.3. The second kappa shape index (κ2) is 12.7. The van der Waals surface area contributed by atoms with Gasteiger partial charge in [-0.05, 0) is 69.2 Å². The fraction of sp³-hybridized carbons (Fsp3) is 0.310. The average Bonchev–Trinajstić information content (AvgIpc) is 2.86. The third kappa shape index (κ3) is 8.49. The van der Waals surface area contributed by atoms with E-state index in [2.05, 4.69) is 31.4 Å². The molecule has 1 aliphatic rings. The highest BCUT2D eigenvalue weighted by Crippen LogP contribution is 2.31. The Labute approximate surface area is 225 Å². The van der Waals surface area contributed by atoms with Gasteiger partial charge in [0, 0.05) is 41.4 Å². The minimum atomic E-state index is -1.32. The SMILES string of the molecule is CC(C)(C)NCC(O)COc1cccc2c1CCC(=O)N2.O=C(O)c1cc(-c2ccc(F)cc2F)ccc1O. The second-order valence-corrected chi connectivity index (χ2v) is 10.1. The van der Waals surface area contributed by atoms with Crippen molar-refractivity contribution in [1.29, 1.82) is 0 Å². The monoisotopic (exact) mass is 542 g/mol. The smallest absolute Gasteiger partial charge is 0.339 e. The summed E-state index contributed by atoms with van der Waals surface area (Å²) < 4.78 is 32.0. The number of hydrogen-bond donors (Lipinski definition) is 5. The molecule has 0 aliphatic carbocycles. The molecule has 0 saturated carbocycles. The highest BCUT2D eigenvalue weighted by atomic mass is 19.1. The predicted molar refractivity (Wildman–Crippen MR) is 143 cm³/mol. The highest BCUT2D eigenvalue weighted by molar-refractivity contribution is 5.94. The summed E-state index contributed by atoms with van der Waals surface area (Å²) in [5.74, 6) is -2.47. The molecule has 10 heteroatoms. The third-order valence-corrected chi connectivity index (χ3v) is 5.78. The van der Waals surface area contributed by atoms with Gasteiger partial charge in [-0.3, -0.25) is 4.79 Å². The van der Waals surface area contributed by atoms with Crippen molar-refractivity contribution in [3.05, 3.63) is 77.4 Å². The summed E-state index contributed by atoms with van der Waals surface area (Å²) in [7, 11) is 0. The minimum Gasteiger partial charge on any atom is -0.507 e. The van der Waals surface area contributed by atoms with Crippen LogP contribution in [-0.4, -0.2) is 52.0 Å². The Hall–Kier alpha value is -4.02. The number of fused-ring (bicyclic) bond motifs is 1. The van der Waals surface area contributed by atoms with E-state index >= 15 is 0 Å². The Kier molecular flexibility index (Phi) is 9.61. The van der Waals surface area contributed by atoms with E-state index in [0.717, 1.165) is 35.2 Å². The summed E-state index contributed by atoms with van der Waals surface area (Å²) >= 11 is 0. The third-order valence-electron chi connectivity index (χ3n) is 5.78. The Bertz CT molecular complexity index is 1340. The number of aliphatic hydroxyl groups excluding tert-OH is 1. The number of halogens is 2. The standard InChI is InChI=1S/C16H24N2O3.C13H8F2O3/c1-16(2,3)17-9-11(19)10-21-14-6-4-5-13-12(14)7-8-15(20)18-13;14-8-2-3-9(11(15)6-8)7-1-4-12(16)10(5-7)13(17)18/h4-6,11,17,19H,7-10H2,1-3H3,(H,18,20);1-6,16H,(H,17,18). The fourth-order valence-electron chi connectivity index (χ4n) is 3.79. The van der Waals surface area contributed by atoms with E-state index in [-0.39, 0.29) is 34.7 Å². The summed E-state index contributed by atoms with van der Waals surface area (Å²) in [5, 5.41) is 34.2. The molecular weight excluding hydrogens is 510 g/mol. The second-order valence-electron chi connectivity index (χ2n) is 10.1. The lowest BCUT2D eigenvalue weighted by molar-refractivity contribution is -0.116. The Balaban J connectivity index is 0.000000218. The van der Waals surface area contributed by atoms with Gasteiger partial charge in [-0.15, -0.1) is 0 Å². The van der Waals surface area contributed by atoms with E-state index in [0.29, 0.717) is 25.5 Å². The number of β-amino-alcohol motifs (C(OH)–C–C–N with tert-alkyl or cyclic N) is 1.